The van der Waals surface area contributed by atoms with Crippen molar-refractivity contribution in [2.75, 3.05) is 0 Å². The summed E-state index contributed by atoms with van der Waals surface area (Å²) in [7, 11) is -8.34. The Morgan fingerprint density at radius 2 is 1.45 bits per heavy atom. The summed E-state index contributed by atoms with van der Waals surface area (Å²) in [6.45, 7) is 8.85. The van der Waals surface area contributed by atoms with E-state index < -0.39 is 43.1 Å². The highest BCUT2D eigenvalue weighted by Gasteiger charge is 2.72. The molecule has 0 spiro atoms. The molecule has 1 heterocycles. The second-order valence-electron chi connectivity index (χ2n) is 6.32. The zero-order valence-corrected chi connectivity index (χ0v) is 17.2. The maximum atomic E-state index is 12.1. The number of carbonyl (C=O) groups excluding carboxylic acids is 3. The van der Waals surface area contributed by atoms with Gasteiger partial charge in [0.1, 0.15) is 13.2 Å². The standard InChI is InChI=1S/C10H17Cl3O4Si3/c1-10(7(11)14)6-19(4,8(12)15)18(2,3)20(5,17-10)9(13)16/h6H2,1-5H3. The molecule has 10 heteroatoms. The summed E-state index contributed by atoms with van der Waals surface area (Å²) in [6, 6.07) is 0.205. The molecule has 0 bridgehead atoms. The first-order chi connectivity index (χ1) is 8.74. The van der Waals surface area contributed by atoms with Crippen LogP contribution in [0.3, 0.4) is 0 Å². The van der Waals surface area contributed by atoms with Gasteiger partial charge in [0, 0.05) is 0 Å². The Balaban J connectivity index is 3.60. The molecule has 4 nitrogen and oxygen atoms in total. The van der Waals surface area contributed by atoms with E-state index in [2.05, 4.69) is 0 Å². The Hall–Kier alpha value is 0.491. The molecule has 0 aliphatic carbocycles. The van der Waals surface area contributed by atoms with E-state index in [1.165, 1.54) is 6.92 Å². The highest BCUT2D eigenvalue weighted by molar-refractivity contribution is 7.80. The van der Waals surface area contributed by atoms with Gasteiger partial charge in [-0.2, -0.15) is 0 Å². The Labute approximate surface area is 135 Å². The quantitative estimate of drug-likeness (QED) is 0.540. The molecule has 114 valence electrons. The van der Waals surface area contributed by atoms with E-state index in [4.69, 9.17) is 39.2 Å². The monoisotopic (exact) mass is 390 g/mol. The van der Waals surface area contributed by atoms with Gasteiger partial charge in [0.2, 0.25) is 4.87 Å². The van der Waals surface area contributed by atoms with Crippen LogP contribution in [0.2, 0.25) is 32.2 Å². The summed E-state index contributed by atoms with van der Waals surface area (Å²) >= 11 is 17.3. The summed E-state index contributed by atoms with van der Waals surface area (Å²) in [4.78, 5) is 34.8. The van der Waals surface area contributed by atoms with Crippen LogP contribution in [0.4, 0.5) is 9.59 Å². The minimum atomic E-state index is -3.12. The molecular weight excluding hydrogens is 375 g/mol. The van der Waals surface area contributed by atoms with E-state index in [1.54, 1.807) is 6.55 Å². The zero-order valence-electron chi connectivity index (χ0n) is 12.0. The third-order valence-corrected chi connectivity index (χ3v) is 44.5. The lowest BCUT2D eigenvalue weighted by Crippen LogP contribution is -2.84. The van der Waals surface area contributed by atoms with Gasteiger partial charge < -0.3 is 4.43 Å². The van der Waals surface area contributed by atoms with Gasteiger partial charge in [-0.25, -0.2) is 0 Å². The van der Waals surface area contributed by atoms with Crippen molar-refractivity contribution >= 4 is 72.3 Å². The van der Waals surface area contributed by atoms with Gasteiger partial charge in [0.05, 0.1) is 7.11 Å². The molecule has 1 rings (SSSR count). The van der Waals surface area contributed by atoms with Crippen molar-refractivity contribution in [3.8, 4) is 0 Å². The molecule has 0 N–H and O–H groups in total. The van der Waals surface area contributed by atoms with E-state index in [-0.39, 0.29) is 6.04 Å². The molecule has 1 aliphatic rings. The Bertz CT molecular complexity index is 466. The molecular formula is C10H17Cl3O4Si3. The molecule has 0 aromatic rings. The van der Waals surface area contributed by atoms with Crippen molar-refractivity contribution in [2.24, 2.45) is 0 Å². The predicted molar refractivity (Wildman–Crippen MR) is 88.4 cm³/mol. The fourth-order valence-corrected chi connectivity index (χ4v) is 37.4. The highest BCUT2D eigenvalue weighted by atomic mass is 35.5. The summed E-state index contributed by atoms with van der Waals surface area (Å²) < 4.78 is 5.91. The lowest BCUT2D eigenvalue weighted by atomic mass is 10.2. The smallest absolute Gasteiger partial charge is 0.266 e. The fraction of sp³-hybridized carbons (Fsp3) is 0.700. The van der Waals surface area contributed by atoms with E-state index >= 15 is 0 Å². The van der Waals surface area contributed by atoms with Crippen molar-refractivity contribution in [3.63, 3.8) is 0 Å². The second-order valence-corrected chi connectivity index (χ2v) is 32.6. The van der Waals surface area contributed by atoms with Gasteiger partial charge in [-0.15, -0.1) is 0 Å². The van der Waals surface area contributed by atoms with E-state index in [0.29, 0.717) is 0 Å². The van der Waals surface area contributed by atoms with Gasteiger partial charge in [-0.3, -0.25) is 14.4 Å². The van der Waals surface area contributed by atoms with Crippen LogP contribution in [0.25, 0.3) is 0 Å². The van der Waals surface area contributed by atoms with Crippen LogP contribution < -0.4 is 0 Å². The van der Waals surface area contributed by atoms with Gasteiger partial charge in [-0.1, -0.05) is 19.6 Å². The maximum Gasteiger partial charge on any atom is 0.266 e. The lowest BCUT2D eigenvalue weighted by molar-refractivity contribution is -0.123. The number of carbonyl (C=O) groups is 3. The van der Waals surface area contributed by atoms with Crippen LogP contribution in [0.5, 0.6) is 0 Å². The largest absolute Gasteiger partial charge is 0.397 e. The highest BCUT2D eigenvalue weighted by Crippen LogP contribution is 2.46. The second kappa shape index (κ2) is 5.29. The molecule has 0 amide bonds. The molecule has 0 aromatic heterocycles. The first kappa shape index (κ1) is 18.5. The van der Waals surface area contributed by atoms with Crippen molar-refractivity contribution in [1.29, 1.82) is 0 Å². The molecule has 0 radical (unpaired) electrons. The van der Waals surface area contributed by atoms with Crippen LogP contribution in [0, 0.1) is 0 Å². The number of rotatable bonds is 3. The third kappa shape index (κ3) is 2.41. The molecule has 20 heavy (non-hydrogen) atoms. The Kier molecular flexibility index (Phi) is 4.90. The first-order valence-corrected chi connectivity index (χ1v) is 17.3. The molecule has 1 fully saturated rings. The van der Waals surface area contributed by atoms with Crippen LogP contribution in [0.15, 0.2) is 0 Å². The fourth-order valence-electron chi connectivity index (χ4n) is 2.75. The summed E-state index contributed by atoms with van der Waals surface area (Å²) in [6.07, 6.45) is 0. The first-order valence-electron chi connectivity index (χ1n) is 6.04. The van der Waals surface area contributed by atoms with Crippen LogP contribution in [0.1, 0.15) is 6.92 Å². The van der Waals surface area contributed by atoms with Crippen molar-refractivity contribution in [3.05, 3.63) is 0 Å². The van der Waals surface area contributed by atoms with Crippen molar-refractivity contribution in [1.82, 2.24) is 0 Å². The third-order valence-electron chi connectivity index (χ3n) is 4.92. The normalized spacial score (nSPS) is 40.2. The minimum Gasteiger partial charge on any atom is -0.397 e. The summed E-state index contributed by atoms with van der Waals surface area (Å²) in [5, 5.41) is -0.713. The molecule has 1 aliphatic heterocycles. The van der Waals surface area contributed by atoms with E-state index in [1.807, 2.05) is 19.6 Å². The van der Waals surface area contributed by atoms with Crippen LogP contribution in [-0.2, 0) is 9.22 Å². The Morgan fingerprint density at radius 1 is 1.00 bits per heavy atom. The summed E-state index contributed by atoms with van der Waals surface area (Å²) in [5.74, 6) is 0. The van der Waals surface area contributed by atoms with E-state index in [0.717, 1.165) is 0 Å². The van der Waals surface area contributed by atoms with Gasteiger partial charge in [-0.05, 0) is 54.3 Å². The van der Waals surface area contributed by atoms with Crippen LogP contribution >= 0.6 is 34.8 Å². The van der Waals surface area contributed by atoms with Crippen molar-refractivity contribution < 1.29 is 18.8 Å². The maximum absolute atomic E-state index is 12.1. The molecule has 1 saturated heterocycles. The zero-order chi connectivity index (χ0) is 16.1. The SMILES string of the molecule is CC1(C(=O)Cl)C[Si](C)(C(=O)Cl)[Si](C)(C)[Si](C)(C(=O)Cl)O1. The molecule has 0 aromatic carbocycles. The average molecular weight is 392 g/mol. The van der Waals surface area contributed by atoms with Gasteiger partial charge >= 0.3 is 0 Å². The predicted octanol–water partition coefficient (Wildman–Crippen LogP) is 3.94. The number of hydrogen-bond acceptors (Lipinski definition) is 4. The van der Waals surface area contributed by atoms with Crippen molar-refractivity contribution in [2.45, 2.75) is 44.8 Å². The average Bonchev–Trinajstić information content (AvgIpc) is 2.25. The minimum absolute atomic E-state index is 0.205. The molecule has 0 saturated carbocycles. The Morgan fingerprint density at radius 3 is 1.75 bits per heavy atom. The van der Waals surface area contributed by atoms with Crippen LogP contribution in [-0.4, -0.2) is 43.1 Å². The lowest BCUT2D eigenvalue weighted by Gasteiger charge is -2.55. The van der Waals surface area contributed by atoms with Gasteiger partial charge in [0.25, 0.3) is 13.1 Å². The molecule has 3 unspecified atom stereocenters. The summed E-state index contributed by atoms with van der Waals surface area (Å²) in [5.41, 5.74) is -1.36. The van der Waals surface area contributed by atoms with E-state index in [9.17, 15) is 14.4 Å². The van der Waals surface area contributed by atoms with Gasteiger partial charge in [0.15, 0.2) is 4.87 Å². The number of hydrogen-bond donors (Lipinski definition) is 0. The molecule has 3 atom stereocenters. The topological polar surface area (TPSA) is 60.4 Å². The number of halogens is 3.